The van der Waals surface area contributed by atoms with Crippen molar-refractivity contribution >= 4 is 15.9 Å². The third-order valence-electron chi connectivity index (χ3n) is 3.10. The minimum Gasteiger partial charge on any atom is -0.494 e. The van der Waals surface area contributed by atoms with Crippen molar-refractivity contribution in [3.05, 3.63) is 28.7 Å². The molecule has 1 aliphatic carbocycles. The molecule has 0 radical (unpaired) electrons. The molecule has 2 rings (SSSR count). The van der Waals surface area contributed by atoms with E-state index in [0.717, 1.165) is 4.47 Å². The molecule has 0 aliphatic heterocycles. The zero-order chi connectivity index (χ0) is 12.5. The molecule has 0 saturated heterocycles. The lowest BCUT2D eigenvalue weighted by atomic mass is 10.0. The SMILES string of the molecule is FC(F)(F)C1(CCOc2cccc(Br)c2)CC1. The molecule has 0 spiro atoms. The summed E-state index contributed by atoms with van der Waals surface area (Å²) < 4.78 is 44.0. The molecule has 1 saturated carbocycles. The Labute approximate surface area is 106 Å². The van der Waals surface area contributed by atoms with Gasteiger partial charge in [0.2, 0.25) is 0 Å². The van der Waals surface area contributed by atoms with E-state index in [1.165, 1.54) is 0 Å². The molecule has 1 aromatic carbocycles. The number of alkyl halides is 3. The number of rotatable bonds is 4. The molecule has 94 valence electrons. The van der Waals surface area contributed by atoms with Crippen molar-refractivity contribution in [2.24, 2.45) is 5.41 Å². The monoisotopic (exact) mass is 308 g/mol. The summed E-state index contributed by atoms with van der Waals surface area (Å²) in [7, 11) is 0. The topological polar surface area (TPSA) is 9.23 Å². The molecule has 1 nitrogen and oxygen atoms in total. The van der Waals surface area contributed by atoms with Crippen molar-refractivity contribution in [3.8, 4) is 5.75 Å². The standard InChI is InChI=1S/C12H12BrF3O/c13-9-2-1-3-10(8-9)17-7-6-11(4-5-11)12(14,15)16/h1-3,8H,4-7H2. The summed E-state index contributed by atoms with van der Waals surface area (Å²) in [5.74, 6) is 0.595. The molecule has 1 aliphatic rings. The second-order valence-corrected chi connectivity index (χ2v) is 5.25. The molecule has 1 fully saturated rings. The number of hydrogen-bond acceptors (Lipinski definition) is 1. The highest BCUT2D eigenvalue weighted by Gasteiger charge is 2.62. The summed E-state index contributed by atoms with van der Waals surface area (Å²) in [5.41, 5.74) is -1.47. The van der Waals surface area contributed by atoms with E-state index in [9.17, 15) is 13.2 Å². The smallest absolute Gasteiger partial charge is 0.394 e. The van der Waals surface area contributed by atoms with Crippen molar-refractivity contribution in [2.45, 2.75) is 25.4 Å². The van der Waals surface area contributed by atoms with Gasteiger partial charge in [0, 0.05) is 4.47 Å². The first-order chi connectivity index (χ1) is 7.93. The number of ether oxygens (including phenoxy) is 1. The Bertz CT molecular complexity index is 399. The van der Waals surface area contributed by atoms with Gasteiger partial charge in [-0.25, -0.2) is 0 Å². The van der Waals surface area contributed by atoms with E-state index in [0.29, 0.717) is 5.75 Å². The summed E-state index contributed by atoms with van der Waals surface area (Å²) in [5, 5.41) is 0. The second-order valence-electron chi connectivity index (χ2n) is 4.33. The molecule has 5 heteroatoms. The van der Waals surface area contributed by atoms with E-state index in [-0.39, 0.29) is 25.9 Å². The first-order valence-corrected chi connectivity index (χ1v) is 6.17. The predicted octanol–water partition coefficient (Wildman–Crippen LogP) is 4.56. The normalized spacial score (nSPS) is 17.9. The van der Waals surface area contributed by atoms with Crippen LogP contribution in [0.25, 0.3) is 0 Å². The van der Waals surface area contributed by atoms with Gasteiger partial charge in [0.15, 0.2) is 0 Å². The molecule has 0 heterocycles. The van der Waals surface area contributed by atoms with Crippen molar-refractivity contribution < 1.29 is 17.9 Å². The van der Waals surface area contributed by atoms with Crippen LogP contribution in [0.15, 0.2) is 28.7 Å². The average Bonchev–Trinajstić information content (AvgIpc) is 2.98. The zero-order valence-electron chi connectivity index (χ0n) is 9.06. The highest BCUT2D eigenvalue weighted by atomic mass is 79.9. The van der Waals surface area contributed by atoms with E-state index >= 15 is 0 Å². The first kappa shape index (κ1) is 12.7. The Morgan fingerprint density at radius 3 is 2.53 bits per heavy atom. The summed E-state index contributed by atoms with van der Waals surface area (Å²) in [6, 6.07) is 7.10. The van der Waals surface area contributed by atoms with Crippen molar-refractivity contribution in [1.82, 2.24) is 0 Å². The minimum atomic E-state index is -4.09. The van der Waals surface area contributed by atoms with Crippen LogP contribution in [0.3, 0.4) is 0 Å². The summed E-state index contributed by atoms with van der Waals surface area (Å²) in [6.45, 7) is 0.107. The third kappa shape index (κ3) is 2.94. The summed E-state index contributed by atoms with van der Waals surface area (Å²) in [6.07, 6.45) is -3.58. The van der Waals surface area contributed by atoms with Crippen molar-refractivity contribution in [1.29, 1.82) is 0 Å². The van der Waals surface area contributed by atoms with Gasteiger partial charge in [-0.2, -0.15) is 13.2 Å². The number of hydrogen-bond donors (Lipinski definition) is 0. The maximum absolute atomic E-state index is 12.6. The average molecular weight is 309 g/mol. The van der Waals surface area contributed by atoms with Crippen LogP contribution in [0.1, 0.15) is 19.3 Å². The first-order valence-electron chi connectivity index (χ1n) is 5.38. The van der Waals surface area contributed by atoms with Crippen LogP contribution in [0.5, 0.6) is 5.75 Å². The second kappa shape index (κ2) is 4.52. The fourth-order valence-corrected chi connectivity index (χ4v) is 2.13. The van der Waals surface area contributed by atoms with Crippen LogP contribution in [-0.2, 0) is 0 Å². The minimum absolute atomic E-state index is 0.0447. The van der Waals surface area contributed by atoms with Crippen molar-refractivity contribution in [3.63, 3.8) is 0 Å². The predicted molar refractivity (Wildman–Crippen MR) is 62.0 cm³/mol. The van der Waals surface area contributed by atoms with Gasteiger partial charge in [-0.1, -0.05) is 22.0 Å². The molecule has 0 amide bonds. The van der Waals surface area contributed by atoms with Gasteiger partial charge in [0.25, 0.3) is 0 Å². The maximum Gasteiger partial charge on any atom is 0.394 e. The summed E-state index contributed by atoms with van der Waals surface area (Å²) in [4.78, 5) is 0. The zero-order valence-corrected chi connectivity index (χ0v) is 10.6. The summed E-state index contributed by atoms with van der Waals surface area (Å²) >= 11 is 3.28. The fourth-order valence-electron chi connectivity index (χ4n) is 1.75. The molecular formula is C12H12BrF3O. The quantitative estimate of drug-likeness (QED) is 0.792. The third-order valence-corrected chi connectivity index (χ3v) is 3.59. The van der Waals surface area contributed by atoms with Gasteiger partial charge < -0.3 is 4.74 Å². The molecule has 0 aromatic heterocycles. The maximum atomic E-state index is 12.6. The molecule has 0 N–H and O–H groups in total. The highest BCUT2D eigenvalue weighted by molar-refractivity contribution is 9.10. The Balaban J connectivity index is 1.85. The Hall–Kier alpha value is -0.710. The highest BCUT2D eigenvalue weighted by Crippen LogP contribution is 2.59. The van der Waals surface area contributed by atoms with Crippen LogP contribution in [0.2, 0.25) is 0 Å². The van der Waals surface area contributed by atoms with Crippen LogP contribution < -0.4 is 4.74 Å². The molecule has 17 heavy (non-hydrogen) atoms. The van der Waals surface area contributed by atoms with Gasteiger partial charge >= 0.3 is 6.18 Å². The molecule has 0 unspecified atom stereocenters. The molecule has 0 bridgehead atoms. The van der Waals surface area contributed by atoms with Gasteiger partial charge in [-0.15, -0.1) is 0 Å². The molecule has 0 atom stereocenters. The van der Waals surface area contributed by atoms with Crippen LogP contribution in [-0.4, -0.2) is 12.8 Å². The number of benzene rings is 1. The van der Waals surface area contributed by atoms with E-state index in [1.54, 1.807) is 18.2 Å². The van der Waals surface area contributed by atoms with Gasteiger partial charge in [0.05, 0.1) is 12.0 Å². The fraction of sp³-hybridized carbons (Fsp3) is 0.500. The number of halogens is 4. The largest absolute Gasteiger partial charge is 0.494 e. The Morgan fingerprint density at radius 1 is 1.29 bits per heavy atom. The lowest BCUT2D eigenvalue weighted by molar-refractivity contribution is -0.190. The Morgan fingerprint density at radius 2 is 2.00 bits per heavy atom. The van der Waals surface area contributed by atoms with E-state index in [1.807, 2.05) is 6.07 Å². The molecular weight excluding hydrogens is 297 g/mol. The Kier molecular flexibility index (Phi) is 3.39. The van der Waals surface area contributed by atoms with E-state index in [4.69, 9.17) is 4.74 Å². The van der Waals surface area contributed by atoms with E-state index in [2.05, 4.69) is 15.9 Å². The van der Waals surface area contributed by atoms with Gasteiger partial charge in [0.1, 0.15) is 5.75 Å². The van der Waals surface area contributed by atoms with Crippen LogP contribution in [0.4, 0.5) is 13.2 Å². The van der Waals surface area contributed by atoms with Crippen LogP contribution >= 0.6 is 15.9 Å². The lowest BCUT2D eigenvalue weighted by Crippen LogP contribution is -2.26. The van der Waals surface area contributed by atoms with Crippen LogP contribution in [0, 0.1) is 5.41 Å². The van der Waals surface area contributed by atoms with E-state index < -0.39 is 11.6 Å². The van der Waals surface area contributed by atoms with Gasteiger partial charge in [-0.05, 0) is 37.5 Å². The van der Waals surface area contributed by atoms with Gasteiger partial charge in [-0.3, -0.25) is 0 Å². The van der Waals surface area contributed by atoms with Crippen molar-refractivity contribution in [2.75, 3.05) is 6.61 Å². The lowest BCUT2D eigenvalue weighted by Gasteiger charge is -2.19. The molecule has 1 aromatic rings.